The van der Waals surface area contributed by atoms with Gasteiger partial charge in [-0.3, -0.25) is 4.79 Å². The average Bonchev–Trinajstić information content (AvgIpc) is 2.73. The van der Waals surface area contributed by atoms with E-state index in [0.29, 0.717) is 19.1 Å². The molecule has 1 aromatic rings. The maximum atomic E-state index is 13.1. The van der Waals surface area contributed by atoms with Crippen LogP contribution in [0, 0.1) is 5.92 Å². The van der Waals surface area contributed by atoms with Crippen molar-refractivity contribution in [1.29, 1.82) is 0 Å². The number of ether oxygens (including phenoxy) is 2. The van der Waals surface area contributed by atoms with E-state index in [-0.39, 0.29) is 5.91 Å². The van der Waals surface area contributed by atoms with Crippen LogP contribution in [0.2, 0.25) is 0 Å². The zero-order valence-corrected chi connectivity index (χ0v) is 18.8. The molecule has 29 heavy (non-hydrogen) atoms. The summed E-state index contributed by atoms with van der Waals surface area (Å²) >= 11 is 0. The molecule has 2 rings (SSSR count). The van der Waals surface area contributed by atoms with E-state index in [9.17, 15) is 4.79 Å². The van der Waals surface area contributed by atoms with Gasteiger partial charge >= 0.3 is 0 Å². The summed E-state index contributed by atoms with van der Waals surface area (Å²) in [5.74, 6) is 1.34. The van der Waals surface area contributed by atoms with Crippen molar-refractivity contribution >= 4 is 11.6 Å². The van der Waals surface area contributed by atoms with Crippen molar-refractivity contribution in [3.05, 3.63) is 24.3 Å². The van der Waals surface area contributed by atoms with Crippen LogP contribution in [-0.2, 0) is 9.53 Å². The number of hydrogen-bond acceptors (Lipinski definition) is 4. The van der Waals surface area contributed by atoms with Crippen molar-refractivity contribution in [2.45, 2.75) is 71.8 Å². The zero-order chi connectivity index (χ0) is 21.1. The highest BCUT2D eigenvalue weighted by atomic mass is 16.5. The monoisotopic (exact) mass is 404 g/mol. The second-order valence-corrected chi connectivity index (χ2v) is 8.25. The second kappa shape index (κ2) is 12.2. The smallest absolute Gasteiger partial charge is 0.256 e. The van der Waals surface area contributed by atoms with Gasteiger partial charge in [0.1, 0.15) is 11.4 Å². The number of rotatable bonds is 12. The number of benzene rings is 1. The fourth-order valence-corrected chi connectivity index (χ4v) is 4.10. The van der Waals surface area contributed by atoms with Crippen molar-refractivity contribution in [2.75, 3.05) is 38.2 Å². The van der Waals surface area contributed by atoms with Crippen molar-refractivity contribution in [1.82, 2.24) is 4.90 Å². The third kappa shape index (κ3) is 7.31. The summed E-state index contributed by atoms with van der Waals surface area (Å²) in [7, 11) is 0. The molecule has 5 heteroatoms. The average molecular weight is 405 g/mol. The van der Waals surface area contributed by atoms with Gasteiger partial charge in [0.25, 0.3) is 5.91 Å². The third-order valence-corrected chi connectivity index (χ3v) is 5.85. The Balaban J connectivity index is 1.87. The van der Waals surface area contributed by atoms with Gasteiger partial charge in [-0.2, -0.15) is 0 Å². The van der Waals surface area contributed by atoms with E-state index >= 15 is 0 Å². The first-order chi connectivity index (χ1) is 14.0. The molecule has 0 heterocycles. The van der Waals surface area contributed by atoms with E-state index in [2.05, 4.69) is 37.9 Å². The molecular formula is C24H40N2O3. The molecular weight excluding hydrogens is 364 g/mol. The second-order valence-electron chi connectivity index (χ2n) is 8.25. The Hall–Kier alpha value is -1.59. The van der Waals surface area contributed by atoms with Gasteiger partial charge in [0, 0.05) is 18.8 Å². The fraction of sp³-hybridized carbons (Fsp3) is 0.708. The molecule has 0 aromatic heterocycles. The molecule has 1 saturated carbocycles. The maximum Gasteiger partial charge on any atom is 0.256 e. The Kier molecular flexibility index (Phi) is 9.95. The zero-order valence-electron chi connectivity index (χ0n) is 18.8. The number of nitrogens with zero attached hydrogens (tertiary/aromatic N) is 1. The highest BCUT2D eigenvalue weighted by Gasteiger charge is 2.42. The number of hydrogen-bond donors (Lipinski definition) is 1. The number of carbonyl (C=O) groups excluding carboxylic acids is 1. The largest absolute Gasteiger partial charge is 0.494 e. The van der Waals surface area contributed by atoms with Crippen LogP contribution in [0.5, 0.6) is 5.75 Å². The molecule has 0 radical (unpaired) electrons. The van der Waals surface area contributed by atoms with E-state index < -0.39 is 5.60 Å². The van der Waals surface area contributed by atoms with Crippen LogP contribution in [-0.4, -0.2) is 49.3 Å². The van der Waals surface area contributed by atoms with Gasteiger partial charge in [-0.05, 0) is 75.4 Å². The predicted molar refractivity (Wildman–Crippen MR) is 120 cm³/mol. The van der Waals surface area contributed by atoms with Crippen LogP contribution in [0.15, 0.2) is 24.3 Å². The molecule has 5 nitrogen and oxygen atoms in total. The summed E-state index contributed by atoms with van der Waals surface area (Å²) in [6, 6.07) is 7.68. The minimum absolute atomic E-state index is 0.00890. The van der Waals surface area contributed by atoms with Crippen molar-refractivity contribution in [3.63, 3.8) is 0 Å². The molecule has 0 saturated heterocycles. The lowest BCUT2D eigenvalue weighted by Crippen LogP contribution is -2.48. The topological polar surface area (TPSA) is 50.8 Å². The number of amides is 1. The van der Waals surface area contributed by atoms with Gasteiger partial charge in [0.2, 0.25) is 0 Å². The molecule has 1 aliphatic carbocycles. The molecule has 1 aromatic carbocycles. The van der Waals surface area contributed by atoms with Gasteiger partial charge in [-0.1, -0.05) is 34.1 Å². The van der Waals surface area contributed by atoms with E-state index in [1.54, 1.807) is 0 Å². The first kappa shape index (κ1) is 23.7. The van der Waals surface area contributed by atoms with Crippen molar-refractivity contribution in [3.8, 4) is 5.75 Å². The summed E-state index contributed by atoms with van der Waals surface area (Å²) in [4.78, 5) is 15.5. The number of carbonyl (C=O) groups is 1. The van der Waals surface area contributed by atoms with Crippen molar-refractivity contribution in [2.24, 2.45) is 5.92 Å². The third-order valence-electron chi connectivity index (χ3n) is 5.85. The van der Waals surface area contributed by atoms with Gasteiger partial charge in [-0.25, -0.2) is 0 Å². The molecule has 1 aliphatic rings. The van der Waals surface area contributed by atoms with Crippen LogP contribution in [0.25, 0.3) is 0 Å². The van der Waals surface area contributed by atoms with Gasteiger partial charge in [0.05, 0.1) is 6.61 Å². The van der Waals surface area contributed by atoms with Gasteiger partial charge in [0.15, 0.2) is 0 Å². The van der Waals surface area contributed by atoms with Crippen LogP contribution >= 0.6 is 0 Å². The number of anilines is 1. The lowest BCUT2D eigenvalue weighted by molar-refractivity contribution is -0.148. The molecule has 164 valence electrons. The Labute approximate surface area is 177 Å². The molecule has 0 bridgehead atoms. The molecule has 1 N–H and O–H groups in total. The molecule has 2 atom stereocenters. The van der Waals surface area contributed by atoms with Gasteiger partial charge in [-0.15, -0.1) is 0 Å². The maximum absolute atomic E-state index is 13.1. The van der Waals surface area contributed by atoms with Crippen molar-refractivity contribution < 1.29 is 14.3 Å². The molecule has 0 unspecified atom stereocenters. The molecule has 1 fully saturated rings. The van der Waals surface area contributed by atoms with Crippen LogP contribution in [0.1, 0.15) is 66.2 Å². The van der Waals surface area contributed by atoms with E-state index in [1.165, 1.54) is 6.42 Å². The lowest BCUT2D eigenvalue weighted by atomic mass is 9.78. The summed E-state index contributed by atoms with van der Waals surface area (Å²) in [5, 5.41) is 3.08. The molecule has 1 amide bonds. The molecule has 0 aliphatic heterocycles. The summed E-state index contributed by atoms with van der Waals surface area (Å²) < 4.78 is 12.0. The highest BCUT2D eigenvalue weighted by Crippen LogP contribution is 2.36. The highest BCUT2D eigenvalue weighted by molar-refractivity contribution is 5.97. The van der Waals surface area contributed by atoms with E-state index in [4.69, 9.17) is 9.47 Å². The normalized spacial score (nSPS) is 21.9. The number of nitrogens with one attached hydrogen (secondary N) is 1. The van der Waals surface area contributed by atoms with Crippen LogP contribution in [0.3, 0.4) is 0 Å². The van der Waals surface area contributed by atoms with E-state index in [0.717, 1.165) is 63.2 Å². The first-order valence-electron chi connectivity index (χ1n) is 11.4. The Morgan fingerprint density at radius 3 is 2.52 bits per heavy atom. The van der Waals surface area contributed by atoms with E-state index in [1.807, 2.05) is 24.3 Å². The Morgan fingerprint density at radius 1 is 1.17 bits per heavy atom. The Morgan fingerprint density at radius 2 is 1.90 bits per heavy atom. The minimum Gasteiger partial charge on any atom is -0.494 e. The van der Waals surface area contributed by atoms with Gasteiger partial charge < -0.3 is 19.7 Å². The fourth-order valence-electron chi connectivity index (χ4n) is 4.10. The first-order valence-corrected chi connectivity index (χ1v) is 11.4. The summed E-state index contributed by atoms with van der Waals surface area (Å²) in [6.45, 7) is 13.2. The predicted octanol–water partition coefficient (Wildman–Crippen LogP) is 5.11. The standard InChI is InChI=1S/C24H40N2O3/c1-5-17-29-24(15-8-10-20(4)19-24)23(27)25-21-11-13-22(14-12-21)28-18-9-16-26(6-2)7-3/h11-14,20H,5-10,15-19H2,1-4H3,(H,25,27)/t20-,24-/m0/s1. The molecule has 0 spiro atoms. The quantitative estimate of drug-likeness (QED) is 0.492. The summed E-state index contributed by atoms with van der Waals surface area (Å²) in [5.41, 5.74) is 0.107. The minimum atomic E-state index is -0.687. The van der Waals surface area contributed by atoms with Crippen LogP contribution < -0.4 is 10.1 Å². The summed E-state index contributed by atoms with van der Waals surface area (Å²) in [6.07, 6.45) is 5.74. The lowest BCUT2D eigenvalue weighted by Gasteiger charge is -2.38. The van der Waals surface area contributed by atoms with Crippen LogP contribution in [0.4, 0.5) is 5.69 Å². The Bertz CT molecular complexity index is 601. The SMILES string of the molecule is CCCO[C@@]1(C(=O)Nc2ccc(OCCCN(CC)CC)cc2)CCC[C@H](C)C1.